The number of aromatic nitrogens is 2. The first-order valence-electron chi connectivity index (χ1n) is 7.61. The maximum absolute atomic E-state index is 12.9. The first-order chi connectivity index (χ1) is 11.6. The molecular formula is C18H17N3O3. The third-order valence-corrected chi connectivity index (χ3v) is 4.01. The van der Waals surface area contributed by atoms with Crippen LogP contribution in [0.25, 0.3) is 5.69 Å². The van der Waals surface area contributed by atoms with Gasteiger partial charge in [-0.25, -0.2) is 4.68 Å². The summed E-state index contributed by atoms with van der Waals surface area (Å²) in [5, 5.41) is 14.2. The Labute approximate surface area is 138 Å². The molecule has 1 N–H and O–H groups in total. The lowest BCUT2D eigenvalue weighted by Gasteiger charge is -2.11. The number of hydrogen-bond acceptors (Lipinski definition) is 3. The number of rotatable bonds is 5. The number of aromatic amines is 1. The van der Waals surface area contributed by atoms with Gasteiger partial charge in [-0.3, -0.25) is 20.0 Å². The highest BCUT2D eigenvalue weighted by Gasteiger charge is 2.27. The summed E-state index contributed by atoms with van der Waals surface area (Å²) in [6, 6.07) is 18.3. The number of nitro groups is 1. The molecule has 0 saturated carbocycles. The Kier molecular flexibility index (Phi) is 4.29. The van der Waals surface area contributed by atoms with E-state index in [9.17, 15) is 14.9 Å². The van der Waals surface area contributed by atoms with Gasteiger partial charge in [0, 0.05) is 10.6 Å². The van der Waals surface area contributed by atoms with Crippen molar-refractivity contribution in [2.75, 3.05) is 6.54 Å². The lowest BCUT2D eigenvalue weighted by Crippen LogP contribution is -2.23. The molecule has 1 atom stereocenters. The zero-order valence-corrected chi connectivity index (χ0v) is 13.2. The number of hydrogen-bond donors (Lipinski definition) is 1. The SMILES string of the molecule is Cc1[nH]n(-c2ccccc2)c(=O)c1C(C[N+](=O)[O-])c1ccccc1. The number of benzene rings is 2. The number of nitrogens with one attached hydrogen (secondary N) is 1. The normalized spacial score (nSPS) is 12.0. The minimum atomic E-state index is -0.588. The summed E-state index contributed by atoms with van der Waals surface area (Å²) in [6.45, 7) is 1.44. The van der Waals surface area contributed by atoms with E-state index < -0.39 is 5.92 Å². The van der Waals surface area contributed by atoms with Crippen LogP contribution in [0.2, 0.25) is 0 Å². The van der Waals surface area contributed by atoms with Crippen molar-refractivity contribution in [2.45, 2.75) is 12.8 Å². The molecule has 0 radical (unpaired) electrons. The summed E-state index contributed by atoms with van der Waals surface area (Å²) in [5.74, 6) is -0.588. The zero-order chi connectivity index (χ0) is 17.1. The second-order valence-electron chi connectivity index (χ2n) is 5.61. The fourth-order valence-corrected chi connectivity index (χ4v) is 2.93. The highest BCUT2D eigenvalue weighted by atomic mass is 16.6. The standard InChI is InChI=1S/C18H17N3O3/c1-13-17(16(12-20(23)24)14-8-4-2-5-9-14)18(22)21(19-13)15-10-6-3-7-11-15/h2-11,16,19H,12H2,1H3. The Bertz CT molecular complexity index is 898. The fourth-order valence-electron chi connectivity index (χ4n) is 2.93. The molecule has 0 bridgehead atoms. The van der Waals surface area contributed by atoms with Gasteiger partial charge in [-0.05, 0) is 24.6 Å². The van der Waals surface area contributed by atoms with Gasteiger partial charge in [-0.15, -0.1) is 0 Å². The van der Waals surface area contributed by atoms with Crippen LogP contribution in [0, 0.1) is 17.0 Å². The monoisotopic (exact) mass is 323 g/mol. The average Bonchev–Trinajstić information content (AvgIpc) is 2.89. The number of H-pyrrole nitrogens is 1. The van der Waals surface area contributed by atoms with Crippen molar-refractivity contribution < 1.29 is 4.92 Å². The van der Waals surface area contributed by atoms with Crippen molar-refractivity contribution >= 4 is 0 Å². The lowest BCUT2D eigenvalue weighted by atomic mass is 9.91. The van der Waals surface area contributed by atoms with Crippen LogP contribution >= 0.6 is 0 Å². The van der Waals surface area contributed by atoms with Gasteiger partial charge >= 0.3 is 0 Å². The van der Waals surface area contributed by atoms with Gasteiger partial charge in [0.15, 0.2) is 0 Å². The molecule has 3 aromatic rings. The summed E-state index contributed by atoms with van der Waals surface area (Å²) >= 11 is 0. The quantitative estimate of drug-likeness (QED) is 0.579. The Balaban J connectivity index is 2.14. The van der Waals surface area contributed by atoms with Crippen LogP contribution in [0.15, 0.2) is 65.5 Å². The minimum absolute atomic E-state index is 0.255. The third kappa shape index (κ3) is 2.99. The molecule has 3 rings (SSSR count). The van der Waals surface area contributed by atoms with E-state index in [2.05, 4.69) is 5.10 Å². The molecule has 24 heavy (non-hydrogen) atoms. The summed E-state index contributed by atoms with van der Waals surface area (Å²) in [4.78, 5) is 23.7. The van der Waals surface area contributed by atoms with Gasteiger partial charge in [0.2, 0.25) is 6.54 Å². The molecule has 2 aromatic carbocycles. The summed E-state index contributed by atoms with van der Waals surface area (Å²) in [6.07, 6.45) is 0. The molecule has 6 nitrogen and oxygen atoms in total. The van der Waals surface area contributed by atoms with Crippen LogP contribution in [0.5, 0.6) is 0 Å². The molecule has 0 fully saturated rings. The first kappa shape index (κ1) is 15.7. The molecule has 1 aromatic heterocycles. The predicted octanol–water partition coefficient (Wildman–Crippen LogP) is 2.88. The van der Waals surface area contributed by atoms with E-state index >= 15 is 0 Å². The summed E-state index contributed by atoms with van der Waals surface area (Å²) in [5.41, 5.74) is 2.27. The second-order valence-corrected chi connectivity index (χ2v) is 5.61. The molecule has 0 amide bonds. The molecule has 0 saturated heterocycles. The topological polar surface area (TPSA) is 80.9 Å². The smallest absolute Gasteiger partial charge is 0.275 e. The number of para-hydroxylation sites is 1. The van der Waals surface area contributed by atoms with E-state index in [4.69, 9.17) is 0 Å². The molecule has 1 unspecified atom stereocenters. The van der Waals surface area contributed by atoms with Crippen molar-refractivity contribution in [2.24, 2.45) is 0 Å². The van der Waals surface area contributed by atoms with Crippen molar-refractivity contribution in [1.29, 1.82) is 0 Å². The molecule has 0 aliphatic heterocycles. The molecule has 6 heteroatoms. The van der Waals surface area contributed by atoms with Crippen LogP contribution in [0.3, 0.4) is 0 Å². The van der Waals surface area contributed by atoms with E-state index in [0.717, 1.165) is 5.56 Å². The maximum atomic E-state index is 12.9. The lowest BCUT2D eigenvalue weighted by molar-refractivity contribution is -0.481. The number of nitrogens with zero attached hydrogens (tertiary/aromatic N) is 2. The summed E-state index contributed by atoms with van der Waals surface area (Å²) in [7, 11) is 0. The van der Waals surface area contributed by atoms with Crippen LogP contribution < -0.4 is 5.56 Å². The zero-order valence-electron chi connectivity index (χ0n) is 13.2. The van der Waals surface area contributed by atoms with Crippen molar-refractivity contribution in [3.63, 3.8) is 0 Å². The van der Waals surface area contributed by atoms with E-state index in [1.54, 1.807) is 6.92 Å². The van der Waals surface area contributed by atoms with Gasteiger partial charge in [0.05, 0.1) is 17.2 Å². The first-order valence-corrected chi connectivity index (χ1v) is 7.61. The Morgan fingerprint density at radius 1 is 1.08 bits per heavy atom. The highest BCUT2D eigenvalue weighted by Crippen LogP contribution is 2.25. The van der Waals surface area contributed by atoms with E-state index in [1.807, 2.05) is 60.7 Å². The van der Waals surface area contributed by atoms with Crippen molar-refractivity contribution in [1.82, 2.24) is 9.78 Å². The second kappa shape index (κ2) is 6.54. The van der Waals surface area contributed by atoms with Gasteiger partial charge in [-0.1, -0.05) is 48.5 Å². The van der Waals surface area contributed by atoms with E-state index in [1.165, 1.54) is 4.68 Å². The van der Waals surface area contributed by atoms with Gasteiger partial charge < -0.3 is 0 Å². The molecule has 0 spiro atoms. The molecule has 0 aliphatic carbocycles. The van der Waals surface area contributed by atoms with Crippen LogP contribution in [-0.2, 0) is 0 Å². The number of aryl methyl sites for hydroxylation is 1. The van der Waals surface area contributed by atoms with Crippen molar-refractivity contribution in [3.8, 4) is 5.69 Å². The molecule has 122 valence electrons. The maximum Gasteiger partial charge on any atom is 0.275 e. The third-order valence-electron chi connectivity index (χ3n) is 4.01. The van der Waals surface area contributed by atoms with Crippen LogP contribution in [0.4, 0.5) is 0 Å². The molecule has 0 aliphatic rings. The van der Waals surface area contributed by atoms with Crippen LogP contribution in [0.1, 0.15) is 22.7 Å². The van der Waals surface area contributed by atoms with Gasteiger partial charge in [-0.2, -0.15) is 0 Å². The average molecular weight is 323 g/mol. The van der Waals surface area contributed by atoms with Gasteiger partial charge in [0.25, 0.3) is 5.56 Å². The minimum Gasteiger partial charge on any atom is -0.295 e. The Morgan fingerprint density at radius 2 is 1.67 bits per heavy atom. The van der Waals surface area contributed by atoms with Crippen LogP contribution in [-0.4, -0.2) is 21.2 Å². The highest BCUT2D eigenvalue weighted by molar-refractivity contribution is 5.38. The largest absolute Gasteiger partial charge is 0.295 e. The van der Waals surface area contributed by atoms with Gasteiger partial charge in [0.1, 0.15) is 0 Å². The fraction of sp³-hybridized carbons (Fsp3) is 0.167. The predicted molar refractivity (Wildman–Crippen MR) is 91.3 cm³/mol. The Hall–Kier alpha value is -3.15. The molecular weight excluding hydrogens is 306 g/mol. The molecule has 1 heterocycles. The van der Waals surface area contributed by atoms with E-state index in [0.29, 0.717) is 16.9 Å². The Morgan fingerprint density at radius 3 is 2.25 bits per heavy atom. The summed E-state index contributed by atoms with van der Waals surface area (Å²) < 4.78 is 1.43. The van der Waals surface area contributed by atoms with Crippen molar-refractivity contribution in [3.05, 3.63) is 98.0 Å². The van der Waals surface area contributed by atoms with E-state index in [-0.39, 0.29) is 17.0 Å².